The first-order valence-corrected chi connectivity index (χ1v) is 9.06. The molecule has 0 unspecified atom stereocenters. The number of nitrogens with one attached hydrogen (secondary N) is 1. The Morgan fingerprint density at radius 1 is 1.16 bits per heavy atom. The van der Waals surface area contributed by atoms with Crippen LogP contribution in [0.1, 0.15) is 12.8 Å². The van der Waals surface area contributed by atoms with Crippen LogP contribution in [0.4, 0.5) is 5.13 Å². The summed E-state index contributed by atoms with van der Waals surface area (Å²) >= 11 is 1.37. The average molecular weight is 361 g/mol. The number of hydrogen-bond donors (Lipinski definition) is 2. The van der Waals surface area contributed by atoms with E-state index in [4.69, 9.17) is 19.9 Å². The highest BCUT2D eigenvalue weighted by molar-refractivity contribution is 7.14. The summed E-state index contributed by atoms with van der Waals surface area (Å²) in [4.78, 5) is 17.0. The number of ether oxygens (including phenoxy) is 3. The summed E-state index contributed by atoms with van der Waals surface area (Å²) in [5, 5.41) is 5.27. The van der Waals surface area contributed by atoms with Gasteiger partial charge in [0.15, 0.2) is 16.6 Å². The first-order valence-electron chi connectivity index (χ1n) is 8.18. The number of carbonyl (C=O) groups is 1. The van der Waals surface area contributed by atoms with Gasteiger partial charge in [0.2, 0.25) is 5.91 Å². The number of hydrogen-bond acceptors (Lipinski definition) is 7. The van der Waals surface area contributed by atoms with Crippen molar-refractivity contribution in [3.8, 4) is 22.8 Å². The molecular formula is C17H19N3O4S. The van der Waals surface area contributed by atoms with Crippen molar-refractivity contribution in [1.82, 2.24) is 4.98 Å². The Morgan fingerprint density at radius 3 is 2.72 bits per heavy atom. The van der Waals surface area contributed by atoms with Gasteiger partial charge in [0.05, 0.1) is 5.69 Å². The molecule has 1 saturated heterocycles. The van der Waals surface area contributed by atoms with Crippen LogP contribution in [0.5, 0.6) is 11.5 Å². The number of amides is 1. The number of aromatic nitrogens is 1. The summed E-state index contributed by atoms with van der Waals surface area (Å²) in [5.74, 6) is 1.24. The lowest BCUT2D eigenvalue weighted by Gasteiger charge is -2.31. The highest BCUT2D eigenvalue weighted by Gasteiger charge is 2.36. The third-order valence-electron chi connectivity index (χ3n) is 4.40. The van der Waals surface area contributed by atoms with Gasteiger partial charge in [-0.15, -0.1) is 11.3 Å². The molecule has 7 nitrogen and oxygen atoms in total. The summed E-state index contributed by atoms with van der Waals surface area (Å²) in [6.45, 7) is 2.11. The zero-order chi connectivity index (χ0) is 17.3. The van der Waals surface area contributed by atoms with Crippen LogP contribution in [-0.2, 0) is 9.53 Å². The summed E-state index contributed by atoms with van der Waals surface area (Å²) in [6.07, 6.45) is 1.03. The molecule has 1 aromatic carbocycles. The summed E-state index contributed by atoms with van der Waals surface area (Å²) in [5.41, 5.74) is 7.00. The Morgan fingerprint density at radius 2 is 1.92 bits per heavy atom. The number of benzene rings is 1. The maximum absolute atomic E-state index is 12.5. The van der Waals surface area contributed by atoms with E-state index in [-0.39, 0.29) is 5.91 Å². The Bertz CT molecular complexity index is 786. The maximum Gasteiger partial charge on any atom is 0.246 e. The number of nitrogens with two attached hydrogens (primary N) is 1. The molecule has 3 heterocycles. The van der Waals surface area contributed by atoms with Crippen molar-refractivity contribution >= 4 is 22.4 Å². The van der Waals surface area contributed by atoms with Crippen LogP contribution in [-0.4, -0.2) is 42.9 Å². The van der Waals surface area contributed by atoms with Crippen molar-refractivity contribution in [3.63, 3.8) is 0 Å². The van der Waals surface area contributed by atoms with Gasteiger partial charge in [-0.3, -0.25) is 4.79 Å². The molecule has 3 N–H and O–H groups in total. The highest BCUT2D eigenvalue weighted by Crippen LogP contribution is 2.35. The van der Waals surface area contributed by atoms with E-state index in [0.717, 1.165) is 17.0 Å². The number of thiazole rings is 1. The monoisotopic (exact) mass is 361 g/mol. The second kappa shape index (κ2) is 6.62. The lowest BCUT2D eigenvalue weighted by atomic mass is 9.90. The van der Waals surface area contributed by atoms with Crippen molar-refractivity contribution in [3.05, 3.63) is 23.6 Å². The van der Waals surface area contributed by atoms with Crippen LogP contribution in [0.25, 0.3) is 11.3 Å². The third kappa shape index (κ3) is 3.33. The zero-order valence-electron chi connectivity index (χ0n) is 13.6. The average Bonchev–Trinajstić information content (AvgIpc) is 3.10. The van der Waals surface area contributed by atoms with Crippen molar-refractivity contribution < 1.29 is 19.0 Å². The fourth-order valence-corrected chi connectivity index (χ4v) is 3.57. The number of fused-ring (bicyclic) bond motifs is 1. The normalized spacial score (nSPS) is 18.6. The standard InChI is InChI=1S/C17H19N3O4S/c18-17(3-5-22-6-4-17)15(21)20-16-19-12(10-25-16)11-1-2-13-14(9-11)24-8-7-23-13/h1-2,9-10H,3-8,18H2,(H,19,20,21). The predicted molar refractivity (Wildman–Crippen MR) is 94.1 cm³/mol. The molecule has 2 aromatic rings. The number of carbonyl (C=O) groups excluding carboxylic acids is 1. The van der Waals surface area contributed by atoms with Gasteiger partial charge in [-0.1, -0.05) is 0 Å². The summed E-state index contributed by atoms with van der Waals surface area (Å²) in [7, 11) is 0. The van der Waals surface area contributed by atoms with Gasteiger partial charge in [0.1, 0.15) is 18.8 Å². The fraction of sp³-hybridized carbons (Fsp3) is 0.412. The van der Waals surface area contributed by atoms with Crippen molar-refractivity contribution in [2.45, 2.75) is 18.4 Å². The van der Waals surface area contributed by atoms with E-state index < -0.39 is 5.54 Å². The Hall–Kier alpha value is -2.16. The molecule has 0 aliphatic carbocycles. The lowest BCUT2D eigenvalue weighted by Crippen LogP contribution is -2.54. The van der Waals surface area contributed by atoms with Gasteiger partial charge in [-0.2, -0.15) is 0 Å². The molecule has 2 aliphatic heterocycles. The topological polar surface area (TPSA) is 95.7 Å². The smallest absolute Gasteiger partial charge is 0.246 e. The van der Waals surface area contributed by atoms with Crippen molar-refractivity contribution in [2.24, 2.45) is 5.73 Å². The predicted octanol–water partition coefficient (Wildman–Crippen LogP) is 2.03. The van der Waals surface area contributed by atoms with Crippen LogP contribution in [0.2, 0.25) is 0 Å². The van der Waals surface area contributed by atoms with E-state index in [1.54, 1.807) is 0 Å². The van der Waals surface area contributed by atoms with Crippen LogP contribution >= 0.6 is 11.3 Å². The van der Waals surface area contributed by atoms with E-state index in [1.165, 1.54) is 11.3 Å². The molecule has 0 radical (unpaired) electrons. The van der Waals surface area contributed by atoms with Crippen molar-refractivity contribution in [2.75, 3.05) is 31.7 Å². The van der Waals surface area contributed by atoms with E-state index in [0.29, 0.717) is 50.2 Å². The molecule has 2 aliphatic rings. The van der Waals surface area contributed by atoms with Gasteiger partial charge in [-0.25, -0.2) is 4.98 Å². The van der Waals surface area contributed by atoms with Gasteiger partial charge in [-0.05, 0) is 31.0 Å². The van der Waals surface area contributed by atoms with Crippen LogP contribution in [0.15, 0.2) is 23.6 Å². The fourth-order valence-electron chi connectivity index (χ4n) is 2.85. The molecule has 25 heavy (non-hydrogen) atoms. The molecular weight excluding hydrogens is 342 g/mol. The molecule has 0 bridgehead atoms. The summed E-state index contributed by atoms with van der Waals surface area (Å²) in [6, 6.07) is 5.70. The SMILES string of the molecule is NC1(C(=O)Nc2nc(-c3ccc4c(c3)OCCO4)cs2)CCOCC1. The van der Waals surface area contributed by atoms with Gasteiger partial charge < -0.3 is 25.3 Å². The number of anilines is 1. The molecule has 0 saturated carbocycles. The molecule has 8 heteroatoms. The lowest BCUT2D eigenvalue weighted by molar-refractivity contribution is -0.124. The Kier molecular flexibility index (Phi) is 4.32. The Labute approximate surface area is 149 Å². The second-order valence-corrected chi connectivity index (χ2v) is 6.98. The molecule has 0 spiro atoms. The van der Waals surface area contributed by atoms with Crippen LogP contribution in [0, 0.1) is 0 Å². The Balaban J connectivity index is 1.49. The largest absolute Gasteiger partial charge is 0.486 e. The third-order valence-corrected chi connectivity index (χ3v) is 5.16. The maximum atomic E-state index is 12.5. The van der Waals surface area contributed by atoms with Crippen LogP contribution < -0.4 is 20.5 Å². The first-order chi connectivity index (χ1) is 12.1. The molecule has 1 amide bonds. The summed E-state index contributed by atoms with van der Waals surface area (Å²) < 4.78 is 16.4. The molecule has 0 atom stereocenters. The first kappa shape index (κ1) is 16.3. The zero-order valence-corrected chi connectivity index (χ0v) is 14.4. The number of rotatable bonds is 3. The van der Waals surface area contributed by atoms with Crippen molar-refractivity contribution in [1.29, 1.82) is 0 Å². The van der Waals surface area contributed by atoms with Gasteiger partial charge >= 0.3 is 0 Å². The molecule has 1 fully saturated rings. The minimum Gasteiger partial charge on any atom is -0.486 e. The van der Waals surface area contributed by atoms with E-state index >= 15 is 0 Å². The quantitative estimate of drug-likeness (QED) is 0.868. The van der Waals surface area contributed by atoms with Gasteiger partial charge in [0, 0.05) is 24.2 Å². The molecule has 1 aromatic heterocycles. The molecule has 4 rings (SSSR count). The van der Waals surface area contributed by atoms with E-state index in [9.17, 15) is 4.79 Å². The van der Waals surface area contributed by atoms with Gasteiger partial charge in [0.25, 0.3) is 0 Å². The molecule has 132 valence electrons. The van der Waals surface area contributed by atoms with E-state index in [1.807, 2.05) is 23.6 Å². The number of nitrogens with zero attached hydrogens (tertiary/aromatic N) is 1. The highest BCUT2D eigenvalue weighted by atomic mass is 32.1. The van der Waals surface area contributed by atoms with Crippen LogP contribution in [0.3, 0.4) is 0 Å². The minimum absolute atomic E-state index is 0.209. The minimum atomic E-state index is -0.888. The van der Waals surface area contributed by atoms with E-state index in [2.05, 4.69) is 10.3 Å². The second-order valence-electron chi connectivity index (χ2n) is 6.12.